The number of hydrogen-bond acceptors (Lipinski definition) is 4. The van der Waals surface area contributed by atoms with Crippen molar-refractivity contribution in [2.75, 3.05) is 24.6 Å². The van der Waals surface area contributed by atoms with Crippen LogP contribution >= 0.6 is 0 Å². The Morgan fingerprint density at radius 2 is 2.18 bits per heavy atom. The van der Waals surface area contributed by atoms with Gasteiger partial charge in [0, 0.05) is 18.8 Å². The molecule has 0 bridgehead atoms. The number of pyridine rings is 1. The van der Waals surface area contributed by atoms with Gasteiger partial charge in [0.15, 0.2) is 0 Å². The molecule has 4 nitrogen and oxygen atoms in total. The maximum atomic E-state index is 11.3. The second-order valence-electron chi connectivity index (χ2n) is 3.77. The lowest BCUT2D eigenvalue weighted by Crippen LogP contribution is -2.27. The van der Waals surface area contributed by atoms with Crippen LogP contribution in [0, 0.1) is 6.92 Å². The number of hydrogen-bond donors (Lipinski definition) is 0. The molecule has 1 aromatic rings. The Morgan fingerprint density at radius 1 is 1.41 bits per heavy atom. The minimum Gasteiger partial charge on any atom is -0.466 e. The zero-order chi connectivity index (χ0) is 12.7. The van der Waals surface area contributed by atoms with Crippen molar-refractivity contribution in [1.82, 2.24) is 4.98 Å². The molecule has 94 valence electrons. The van der Waals surface area contributed by atoms with E-state index in [-0.39, 0.29) is 5.97 Å². The lowest BCUT2D eigenvalue weighted by atomic mass is 10.3. The van der Waals surface area contributed by atoms with Gasteiger partial charge in [-0.15, -0.1) is 0 Å². The summed E-state index contributed by atoms with van der Waals surface area (Å²) in [6.07, 6.45) is 0.400. The summed E-state index contributed by atoms with van der Waals surface area (Å²) in [6.45, 7) is 7.74. The number of carbonyl (C=O) groups is 1. The fourth-order valence-corrected chi connectivity index (χ4v) is 1.60. The van der Waals surface area contributed by atoms with Gasteiger partial charge in [-0.2, -0.15) is 0 Å². The molecule has 0 N–H and O–H groups in total. The third-order valence-corrected chi connectivity index (χ3v) is 2.47. The molecule has 1 rings (SSSR count). The number of aromatic nitrogens is 1. The van der Waals surface area contributed by atoms with E-state index in [2.05, 4.69) is 16.8 Å². The van der Waals surface area contributed by atoms with E-state index in [0.717, 1.165) is 18.1 Å². The summed E-state index contributed by atoms with van der Waals surface area (Å²) in [7, 11) is 0. The summed E-state index contributed by atoms with van der Waals surface area (Å²) in [5.74, 6) is 0.760. The number of aryl methyl sites for hydroxylation is 1. The highest BCUT2D eigenvalue weighted by Gasteiger charge is 2.09. The van der Waals surface area contributed by atoms with Crippen LogP contribution in [-0.2, 0) is 9.53 Å². The van der Waals surface area contributed by atoms with E-state index >= 15 is 0 Å². The van der Waals surface area contributed by atoms with Gasteiger partial charge in [0.05, 0.1) is 13.0 Å². The van der Waals surface area contributed by atoms with Crippen LogP contribution in [0.5, 0.6) is 0 Å². The fourth-order valence-electron chi connectivity index (χ4n) is 1.60. The van der Waals surface area contributed by atoms with E-state index in [1.807, 2.05) is 32.0 Å². The van der Waals surface area contributed by atoms with Crippen molar-refractivity contribution in [2.24, 2.45) is 0 Å². The van der Waals surface area contributed by atoms with Crippen LogP contribution in [0.2, 0.25) is 0 Å². The smallest absolute Gasteiger partial charge is 0.307 e. The minimum absolute atomic E-state index is 0.154. The van der Waals surface area contributed by atoms with Gasteiger partial charge in [-0.25, -0.2) is 4.98 Å². The van der Waals surface area contributed by atoms with Crippen LogP contribution in [-0.4, -0.2) is 30.6 Å². The molecule has 0 aromatic carbocycles. The fraction of sp³-hybridized carbons (Fsp3) is 0.538. The predicted octanol–water partition coefficient (Wildman–Crippen LogP) is 2.17. The summed E-state index contributed by atoms with van der Waals surface area (Å²) < 4.78 is 4.91. The van der Waals surface area contributed by atoms with Crippen molar-refractivity contribution >= 4 is 11.8 Å². The lowest BCUT2D eigenvalue weighted by molar-refractivity contribution is -0.142. The van der Waals surface area contributed by atoms with Crippen molar-refractivity contribution in [3.8, 4) is 0 Å². The molecule has 1 aromatic heterocycles. The van der Waals surface area contributed by atoms with Crippen LogP contribution in [0.15, 0.2) is 18.2 Å². The molecule has 0 amide bonds. The zero-order valence-electron chi connectivity index (χ0n) is 10.8. The SMILES string of the molecule is CCOC(=O)CCN(CC)c1cccc(C)n1. The summed E-state index contributed by atoms with van der Waals surface area (Å²) in [6, 6.07) is 5.90. The molecule has 4 heteroatoms. The average molecular weight is 236 g/mol. The second kappa shape index (κ2) is 6.89. The lowest BCUT2D eigenvalue weighted by Gasteiger charge is -2.21. The third-order valence-electron chi connectivity index (χ3n) is 2.47. The maximum Gasteiger partial charge on any atom is 0.307 e. The monoisotopic (exact) mass is 236 g/mol. The molecule has 0 radical (unpaired) electrons. The molecule has 0 saturated carbocycles. The molecule has 0 saturated heterocycles. The Bertz CT molecular complexity index is 366. The van der Waals surface area contributed by atoms with E-state index in [9.17, 15) is 4.79 Å². The van der Waals surface area contributed by atoms with Crippen molar-refractivity contribution in [1.29, 1.82) is 0 Å². The van der Waals surface area contributed by atoms with Crippen LogP contribution < -0.4 is 4.90 Å². The standard InChI is InChI=1S/C13H20N2O2/c1-4-15(10-9-13(16)17-5-2)12-8-6-7-11(3)14-12/h6-8H,4-5,9-10H2,1-3H3. The van der Waals surface area contributed by atoms with Gasteiger partial charge in [-0.05, 0) is 32.9 Å². The molecular formula is C13H20N2O2. The van der Waals surface area contributed by atoms with Gasteiger partial charge in [0.2, 0.25) is 0 Å². The highest BCUT2D eigenvalue weighted by atomic mass is 16.5. The van der Waals surface area contributed by atoms with Gasteiger partial charge >= 0.3 is 5.97 Å². The van der Waals surface area contributed by atoms with Crippen LogP contribution in [0.25, 0.3) is 0 Å². The highest BCUT2D eigenvalue weighted by Crippen LogP contribution is 2.11. The predicted molar refractivity (Wildman–Crippen MR) is 68.1 cm³/mol. The first-order chi connectivity index (χ1) is 8.17. The Balaban J connectivity index is 2.57. The number of carbonyl (C=O) groups excluding carboxylic acids is 1. The van der Waals surface area contributed by atoms with Crippen LogP contribution in [0.3, 0.4) is 0 Å². The minimum atomic E-state index is -0.154. The van der Waals surface area contributed by atoms with E-state index in [1.165, 1.54) is 0 Å². The molecule has 1 heterocycles. The van der Waals surface area contributed by atoms with Crippen LogP contribution in [0.4, 0.5) is 5.82 Å². The van der Waals surface area contributed by atoms with Crippen molar-refractivity contribution in [3.63, 3.8) is 0 Å². The first kappa shape index (κ1) is 13.5. The Kier molecular flexibility index (Phi) is 5.46. The summed E-state index contributed by atoms with van der Waals surface area (Å²) in [5, 5.41) is 0. The molecule has 0 unspecified atom stereocenters. The summed E-state index contributed by atoms with van der Waals surface area (Å²) >= 11 is 0. The second-order valence-corrected chi connectivity index (χ2v) is 3.77. The normalized spacial score (nSPS) is 10.1. The van der Waals surface area contributed by atoms with Crippen molar-refractivity contribution in [2.45, 2.75) is 27.2 Å². The topological polar surface area (TPSA) is 42.4 Å². The van der Waals surface area contributed by atoms with Gasteiger partial charge in [-0.1, -0.05) is 6.07 Å². The molecular weight excluding hydrogens is 216 g/mol. The van der Waals surface area contributed by atoms with E-state index < -0.39 is 0 Å². The van der Waals surface area contributed by atoms with E-state index in [0.29, 0.717) is 19.6 Å². The first-order valence-electron chi connectivity index (χ1n) is 6.01. The first-order valence-corrected chi connectivity index (χ1v) is 6.01. The Hall–Kier alpha value is -1.58. The zero-order valence-corrected chi connectivity index (χ0v) is 10.8. The Labute approximate surface area is 103 Å². The van der Waals surface area contributed by atoms with E-state index in [1.54, 1.807) is 0 Å². The molecule has 0 aliphatic rings. The maximum absolute atomic E-state index is 11.3. The van der Waals surface area contributed by atoms with Gasteiger partial charge in [-0.3, -0.25) is 4.79 Å². The summed E-state index contributed by atoms with van der Waals surface area (Å²) in [5.41, 5.74) is 0.983. The molecule has 17 heavy (non-hydrogen) atoms. The molecule has 0 aliphatic carbocycles. The molecule has 0 spiro atoms. The van der Waals surface area contributed by atoms with Gasteiger partial charge in [0.1, 0.15) is 5.82 Å². The third kappa shape index (κ3) is 4.43. The number of anilines is 1. The van der Waals surface area contributed by atoms with E-state index in [4.69, 9.17) is 4.74 Å². The molecule has 0 fully saturated rings. The Morgan fingerprint density at radius 3 is 2.76 bits per heavy atom. The van der Waals surface area contributed by atoms with Crippen molar-refractivity contribution in [3.05, 3.63) is 23.9 Å². The van der Waals surface area contributed by atoms with Gasteiger partial charge < -0.3 is 9.64 Å². The van der Waals surface area contributed by atoms with Gasteiger partial charge in [0.25, 0.3) is 0 Å². The average Bonchev–Trinajstić information content (AvgIpc) is 2.30. The molecule has 0 atom stereocenters. The number of nitrogens with zero attached hydrogens (tertiary/aromatic N) is 2. The quantitative estimate of drug-likeness (QED) is 0.710. The number of rotatable bonds is 6. The largest absolute Gasteiger partial charge is 0.466 e. The highest BCUT2D eigenvalue weighted by molar-refractivity contribution is 5.70. The number of ether oxygens (including phenoxy) is 1. The van der Waals surface area contributed by atoms with Crippen molar-refractivity contribution < 1.29 is 9.53 Å². The number of esters is 1. The molecule has 0 aliphatic heterocycles. The van der Waals surface area contributed by atoms with Crippen LogP contribution in [0.1, 0.15) is 26.0 Å². The summed E-state index contributed by atoms with van der Waals surface area (Å²) in [4.78, 5) is 17.8.